The molecule has 0 aliphatic rings. The highest BCUT2D eigenvalue weighted by Crippen LogP contribution is 2.22. The summed E-state index contributed by atoms with van der Waals surface area (Å²) < 4.78 is 5.75. The Hall–Kier alpha value is -3.42. The molecule has 24 heavy (non-hydrogen) atoms. The third-order valence-corrected chi connectivity index (χ3v) is 3.62. The zero-order valence-corrected chi connectivity index (χ0v) is 12.6. The van der Waals surface area contributed by atoms with Gasteiger partial charge in [0.15, 0.2) is 0 Å². The smallest absolute Gasteiger partial charge is 0.340 e. The molecule has 0 atom stereocenters. The standard InChI is InChI=1S/C16H14N2O6/c1-8-10-3-2-9(17)6-12(10)23-16(22)11(8)7-15(21)24-18-13(19)4-5-14(18)20/h2-6,19-20H,7,17H2,1H3. The summed E-state index contributed by atoms with van der Waals surface area (Å²) in [6.07, 6.45) is -0.383. The lowest BCUT2D eigenvalue weighted by molar-refractivity contribution is -0.144. The van der Waals surface area contributed by atoms with Crippen LogP contribution < -0.4 is 16.2 Å². The molecule has 0 aliphatic heterocycles. The Morgan fingerprint density at radius 1 is 1.25 bits per heavy atom. The number of nitrogens with zero attached hydrogens (tertiary/aromatic N) is 1. The fourth-order valence-corrected chi connectivity index (χ4v) is 2.39. The molecule has 0 aliphatic carbocycles. The number of benzene rings is 1. The highest BCUT2D eigenvalue weighted by atomic mass is 16.7. The van der Waals surface area contributed by atoms with Crippen molar-refractivity contribution < 1.29 is 24.3 Å². The summed E-state index contributed by atoms with van der Waals surface area (Å²) in [5.74, 6) is -1.74. The van der Waals surface area contributed by atoms with Crippen molar-refractivity contribution in [1.29, 1.82) is 0 Å². The largest absolute Gasteiger partial charge is 0.492 e. The first-order chi connectivity index (χ1) is 11.4. The number of rotatable bonds is 3. The van der Waals surface area contributed by atoms with Crippen LogP contribution >= 0.6 is 0 Å². The van der Waals surface area contributed by atoms with Crippen molar-refractivity contribution in [1.82, 2.24) is 4.73 Å². The molecule has 2 heterocycles. The molecule has 0 bridgehead atoms. The highest BCUT2D eigenvalue weighted by Gasteiger charge is 2.18. The van der Waals surface area contributed by atoms with Gasteiger partial charge in [-0.1, -0.05) is 0 Å². The maximum Gasteiger partial charge on any atom is 0.340 e. The molecule has 0 saturated carbocycles. The van der Waals surface area contributed by atoms with E-state index in [1.165, 1.54) is 6.07 Å². The summed E-state index contributed by atoms with van der Waals surface area (Å²) in [5.41, 5.74) is 6.46. The Morgan fingerprint density at radius 3 is 2.58 bits per heavy atom. The zero-order chi connectivity index (χ0) is 17.4. The van der Waals surface area contributed by atoms with Gasteiger partial charge in [0.05, 0.1) is 12.0 Å². The number of carbonyl (C=O) groups is 1. The van der Waals surface area contributed by atoms with Crippen LogP contribution in [0.3, 0.4) is 0 Å². The number of aryl methyl sites for hydroxylation is 1. The van der Waals surface area contributed by atoms with Crippen molar-refractivity contribution in [3.8, 4) is 11.8 Å². The van der Waals surface area contributed by atoms with Gasteiger partial charge in [0.1, 0.15) is 5.58 Å². The molecule has 0 fully saturated rings. The van der Waals surface area contributed by atoms with Gasteiger partial charge in [-0.3, -0.25) is 0 Å². The Kier molecular flexibility index (Phi) is 3.64. The first-order valence-corrected chi connectivity index (χ1v) is 6.99. The van der Waals surface area contributed by atoms with Crippen LogP contribution in [0.4, 0.5) is 5.69 Å². The van der Waals surface area contributed by atoms with E-state index in [1.54, 1.807) is 19.1 Å². The van der Waals surface area contributed by atoms with Crippen molar-refractivity contribution in [2.24, 2.45) is 0 Å². The Labute approximate surface area is 135 Å². The van der Waals surface area contributed by atoms with Gasteiger partial charge in [0.2, 0.25) is 11.8 Å². The molecule has 0 saturated heterocycles. The predicted molar refractivity (Wildman–Crippen MR) is 84.7 cm³/mol. The Morgan fingerprint density at radius 2 is 1.92 bits per heavy atom. The molecule has 3 rings (SSSR count). The number of anilines is 1. The van der Waals surface area contributed by atoms with Gasteiger partial charge in [0, 0.05) is 29.3 Å². The fourth-order valence-electron chi connectivity index (χ4n) is 2.39. The van der Waals surface area contributed by atoms with Crippen molar-refractivity contribution in [2.45, 2.75) is 13.3 Å². The van der Waals surface area contributed by atoms with E-state index in [2.05, 4.69) is 0 Å². The van der Waals surface area contributed by atoms with Crippen molar-refractivity contribution >= 4 is 22.6 Å². The second-order valence-corrected chi connectivity index (χ2v) is 5.23. The Bertz CT molecular complexity index is 982. The van der Waals surface area contributed by atoms with Gasteiger partial charge in [-0.2, -0.15) is 0 Å². The van der Waals surface area contributed by atoms with Crippen molar-refractivity contribution in [2.75, 3.05) is 5.73 Å². The monoisotopic (exact) mass is 330 g/mol. The third-order valence-electron chi connectivity index (χ3n) is 3.62. The summed E-state index contributed by atoms with van der Waals surface area (Å²) in [6, 6.07) is 7.20. The number of carbonyl (C=O) groups excluding carboxylic acids is 1. The Balaban J connectivity index is 1.94. The minimum atomic E-state index is -0.845. The number of hydrogen-bond acceptors (Lipinski definition) is 7. The second-order valence-electron chi connectivity index (χ2n) is 5.23. The van der Waals surface area contributed by atoms with E-state index in [0.29, 0.717) is 27.0 Å². The molecule has 0 spiro atoms. The topological polar surface area (TPSA) is 128 Å². The first kappa shape index (κ1) is 15.5. The fraction of sp³-hybridized carbons (Fsp3) is 0.125. The van der Waals surface area contributed by atoms with Gasteiger partial charge in [-0.15, -0.1) is 4.73 Å². The summed E-state index contributed by atoms with van der Waals surface area (Å²) in [6.45, 7) is 1.68. The van der Waals surface area contributed by atoms with Gasteiger partial charge in [-0.25, -0.2) is 9.59 Å². The molecule has 0 unspecified atom stereocenters. The SMILES string of the molecule is Cc1c(CC(=O)On2c(O)ccc2O)c(=O)oc2cc(N)ccc12. The van der Waals surface area contributed by atoms with E-state index in [-0.39, 0.29) is 12.0 Å². The molecule has 0 radical (unpaired) electrons. The summed E-state index contributed by atoms with van der Waals surface area (Å²) >= 11 is 0. The number of aromatic nitrogens is 1. The van der Waals surface area contributed by atoms with Gasteiger partial charge < -0.3 is 25.2 Å². The lowest BCUT2D eigenvalue weighted by Crippen LogP contribution is -2.24. The molecule has 0 amide bonds. The quantitative estimate of drug-likeness (QED) is 0.484. The summed E-state index contributed by atoms with van der Waals surface area (Å²) in [7, 11) is 0. The van der Waals surface area contributed by atoms with E-state index in [0.717, 1.165) is 12.1 Å². The minimum Gasteiger partial charge on any atom is -0.492 e. The normalized spacial score (nSPS) is 10.9. The van der Waals surface area contributed by atoms with Crippen LogP contribution in [-0.4, -0.2) is 20.9 Å². The van der Waals surface area contributed by atoms with E-state index >= 15 is 0 Å². The molecular weight excluding hydrogens is 316 g/mol. The van der Waals surface area contributed by atoms with E-state index < -0.39 is 23.4 Å². The summed E-state index contributed by atoms with van der Waals surface area (Å²) in [4.78, 5) is 29.0. The van der Waals surface area contributed by atoms with E-state index in [9.17, 15) is 19.8 Å². The minimum absolute atomic E-state index is 0.128. The molecule has 8 heteroatoms. The maximum absolute atomic E-state index is 12.1. The van der Waals surface area contributed by atoms with Crippen LogP contribution in [0.2, 0.25) is 0 Å². The van der Waals surface area contributed by atoms with Crippen molar-refractivity contribution in [3.05, 3.63) is 51.9 Å². The third kappa shape index (κ3) is 2.65. The van der Waals surface area contributed by atoms with Crippen LogP contribution in [-0.2, 0) is 11.2 Å². The summed E-state index contributed by atoms with van der Waals surface area (Å²) in [5, 5.41) is 19.6. The van der Waals surface area contributed by atoms with Crippen LogP contribution in [0.25, 0.3) is 11.0 Å². The highest BCUT2D eigenvalue weighted by molar-refractivity contribution is 5.85. The van der Waals surface area contributed by atoms with Crippen LogP contribution in [0.5, 0.6) is 11.8 Å². The van der Waals surface area contributed by atoms with Crippen molar-refractivity contribution in [3.63, 3.8) is 0 Å². The lowest BCUT2D eigenvalue weighted by atomic mass is 10.0. The number of nitrogens with two attached hydrogens (primary N) is 1. The van der Waals surface area contributed by atoms with Gasteiger partial charge in [-0.05, 0) is 24.6 Å². The zero-order valence-electron chi connectivity index (χ0n) is 12.6. The van der Waals surface area contributed by atoms with Crippen LogP contribution in [0.15, 0.2) is 39.5 Å². The lowest BCUT2D eigenvalue weighted by Gasteiger charge is -2.09. The molecular formula is C16H14N2O6. The second kappa shape index (κ2) is 5.65. The number of nitrogen functional groups attached to an aromatic ring is 1. The average molecular weight is 330 g/mol. The number of fused-ring (bicyclic) bond motifs is 1. The average Bonchev–Trinajstić information content (AvgIpc) is 2.83. The van der Waals surface area contributed by atoms with E-state index in [4.69, 9.17) is 15.0 Å². The van der Waals surface area contributed by atoms with E-state index in [1.807, 2.05) is 0 Å². The van der Waals surface area contributed by atoms with Crippen LogP contribution in [0.1, 0.15) is 11.1 Å². The van der Waals surface area contributed by atoms with Gasteiger partial charge >= 0.3 is 11.6 Å². The van der Waals surface area contributed by atoms with Crippen LogP contribution in [0, 0.1) is 6.92 Å². The molecule has 2 aromatic heterocycles. The van der Waals surface area contributed by atoms with Gasteiger partial charge in [0.25, 0.3) is 0 Å². The molecule has 3 aromatic rings. The molecule has 8 nitrogen and oxygen atoms in total. The maximum atomic E-state index is 12.1. The number of hydrogen-bond donors (Lipinski definition) is 3. The first-order valence-electron chi connectivity index (χ1n) is 6.99. The molecule has 4 N–H and O–H groups in total. The number of aromatic hydroxyl groups is 2. The predicted octanol–water partition coefficient (Wildman–Crippen LogP) is 1.09. The molecule has 1 aromatic carbocycles. The molecule has 124 valence electrons.